The Kier molecular flexibility index (Phi) is 4.07. The third-order valence-corrected chi connectivity index (χ3v) is 3.80. The van der Waals surface area contributed by atoms with Crippen LogP contribution in [-0.2, 0) is 11.3 Å². The molecular weight excluding hydrogens is 289 g/mol. The molecule has 2 N–H and O–H groups in total. The molecule has 0 aliphatic rings. The van der Waals surface area contributed by atoms with Gasteiger partial charge in [0, 0.05) is 16.1 Å². The van der Waals surface area contributed by atoms with E-state index < -0.39 is 11.8 Å². The summed E-state index contributed by atoms with van der Waals surface area (Å²) >= 11 is 7.09. The van der Waals surface area contributed by atoms with Crippen LogP contribution >= 0.6 is 22.9 Å². The number of anilines is 1. The third kappa shape index (κ3) is 3.24. The van der Waals surface area contributed by atoms with Crippen molar-refractivity contribution >= 4 is 34.6 Å². The van der Waals surface area contributed by atoms with Gasteiger partial charge in [-0.25, -0.2) is 9.18 Å². The van der Waals surface area contributed by atoms with E-state index in [2.05, 4.69) is 0 Å². The molecule has 1 heterocycles. The highest BCUT2D eigenvalue weighted by Gasteiger charge is 2.13. The van der Waals surface area contributed by atoms with E-state index in [0.717, 1.165) is 10.9 Å². The molecule has 0 radical (unpaired) electrons. The zero-order valence-corrected chi connectivity index (χ0v) is 11.6. The number of rotatable bonds is 3. The maximum absolute atomic E-state index is 13.5. The number of hydrogen-bond acceptors (Lipinski definition) is 4. The molecule has 0 aliphatic heterocycles. The van der Waals surface area contributed by atoms with Crippen molar-refractivity contribution in [2.45, 2.75) is 13.5 Å². The molecule has 0 atom stereocenters. The van der Waals surface area contributed by atoms with Gasteiger partial charge in [0.2, 0.25) is 0 Å². The monoisotopic (exact) mass is 299 g/mol. The van der Waals surface area contributed by atoms with Gasteiger partial charge >= 0.3 is 5.97 Å². The average molecular weight is 300 g/mol. The number of hydrogen-bond donors (Lipinski definition) is 1. The van der Waals surface area contributed by atoms with Crippen LogP contribution in [0.15, 0.2) is 24.3 Å². The van der Waals surface area contributed by atoms with Crippen molar-refractivity contribution in [3.05, 3.63) is 50.4 Å². The van der Waals surface area contributed by atoms with Gasteiger partial charge in [0.25, 0.3) is 0 Å². The van der Waals surface area contributed by atoms with Crippen molar-refractivity contribution in [3.63, 3.8) is 0 Å². The van der Waals surface area contributed by atoms with Gasteiger partial charge in [0.1, 0.15) is 12.4 Å². The minimum atomic E-state index is -0.616. The number of esters is 1. The number of halogens is 2. The van der Waals surface area contributed by atoms with Gasteiger partial charge in [0.05, 0.1) is 9.90 Å². The van der Waals surface area contributed by atoms with Crippen molar-refractivity contribution < 1.29 is 13.9 Å². The van der Waals surface area contributed by atoms with Gasteiger partial charge < -0.3 is 10.5 Å². The molecule has 2 rings (SSSR count). The topological polar surface area (TPSA) is 52.3 Å². The van der Waals surface area contributed by atoms with Crippen molar-refractivity contribution in [3.8, 4) is 0 Å². The number of benzene rings is 1. The number of nitrogen functional groups attached to an aromatic ring is 1. The summed E-state index contributed by atoms with van der Waals surface area (Å²) < 4.78 is 19.2. The second-order valence-corrected chi connectivity index (χ2v) is 5.75. The molecule has 0 saturated carbocycles. The minimum absolute atomic E-state index is 0.100. The molecule has 0 bridgehead atoms. The van der Waals surface area contributed by atoms with Gasteiger partial charge in [-0.15, -0.1) is 11.3 Å². The normalized spacial score (nSPS) is 10.5. The maximum Gasteiger partial charge on any atom is 0.338 e. The van der Waals surface area contributed by atoms with Crippen LogP contribution in [0.1, 0.15) is 20.8 Å². The number of thiophene rings is 1. The molecule has 1 aromatic carbocycles. The Balaban J connectivity index is 2.08. The van der Waals surface area contributed by atoms with Gasteiger partial charge in [-0.05, 0) is 31.2 Å². The van der Waals surface area contributed by atoms with E-state index in [0.29, 0.717) is 9.90 Å². The number of carbonyl (C=O) groups is 1. The molecule has 19 heavy (non-hydrogen) atoms. The summed E-state index contributed by atoms with van der Waals surface area (Å²) in [6.07, 6.45) is 0. The summed E-state index contributed by atoms with van der Waals surface area (Å²) in [6, 6.07) is 6.01. The van der Waals surface area contributed by atoms with Crippen LogP contribution in [0.5, 0.6) is 0 Å². The Labute approximate surface area is 118 Å². The Morgan fingerprint density at radius 1 is 1.47 bits per heavy atom. The lowest BCUT2D eigenvalue weighted by molar-refractivity contribution is 0.0476. The first-order chi connectivity index (χ1) is 8.97. The van der Waals surface area contributed by atoms with E-state index in [1.54, 1.807) is 19.1 Å². The SMILES string of the molecule is Cc1c(N)cc(C(=O)OCc2ccc(Cl)s2)cc1F. The molecular formula is C13H11ClFNO2S. The Bertz CT molecular complexity index is 604. The van der Waals surface area contributed by atoms with Crippen molar-refractivity contribution in [2.75, 3.05) is 5.73 Å². The fourth-order valence-corrected chi connectivity index (χ4v) is 2.47. The Morgan fingerprint density at radius 3 is 2.79 bits per heavy atom. The number of nitrogens with two attached hydrogens (primary N) is 1. The van der Waals surface area contributed by atoms with E-state index in [4.69, 9.17) is 22.1 Å². The number of ether oxygens (including phenoxy) is 1. The summed E-state index contributed by atoms with van der Waals surface area (Å²) in [7, 11) is 0. The lowest BCUT2D eigenvalue weighted by Crippen LogP contribution is -2.07. The molecule has 3 nitrogen and oxygen atoms in total. The van der Waals surface area contributed by atoms with E-state index >= 15 is 0 Å². The van der Waals surface area contributed by atoms with Crippen LogP contribution in [0.4, 0.5) is 10.1 Å². The van der Waals surface area contributed by atoms with E-state index in [1.807, 2.05) is 0 Å². The van der Waals surface area contributed by atoms with E-state index in [-0.39, 0.29) is 17.9 Å². The molecule has 6 heteroatoms. The zero-order valence-electron chi connectivity index (χ0n) is 10.1. The van der Waals surface area contributed by atoms with Gasteiger partial charge in [-0.1, -0.05) is 11.6 Å². The Hall–Kier alpha value is -1.59. The van der Waals surface area contributed by atoms with E-state index in [1.165, 1.54) is 17.4 Å². The molecule has 0 aliphatic carbocycles. The third-order valence-electron chi connectivity index (χ3n) is 2.59. The van der Waals surface area contributed by atoms with E-state index in [9.17, 15) is 9.18 Å². The first kappa shape index (κ1) is 13.8. The highest BCUT2D eigenvalue weighted by atomic mass is 35.5. The number of carbonyl (C=O) groups excluding carboxylic acids is 1. The molecule has 0 spiro atoms. The van der Waals surface area contributed by atoms with Crippen LogP contribution in [0.3, 0.4) is 0 Å². The van der Waals surface area contributed by atoms with Crippen LogP contribution < -0.4 is 5.73 Å². The standard InChI is InChI=1S/C13H11ClFNO2S/c1-7-10(15)4-8(5-11(7)16)13(17)18-6-9-2-3-12(14)19-9/h2-5H,6,16H2,1H3. The van der Waals surface area contributed by atoms with Crippen molar-refractivity contribution in [1.82, 2.24) is 0 Å². The average Bonchev–Trinajstić information content (AvgIpc) is 2.78. The summed E-state index contributed by atoms with van der Waals surface area (Å²) in [5, 5.41) is 0. The fraction of sp³-hybridized carbons (Fsp3) is 0.154. The summed E-state index contributed by atoms with van der Waals surface area (Å²) in [5.41, 5.74) is 6.26. The lowest BCUT2D eigenvalue weighted by Gasteiger charge is -2.07. The molecule has 2 aromatic rings. The smallest absolute Gasteiger partial charge is 0.338 e. The quantitative estimate of drug-likeness (QED) is 0.693. The van der Waals surface area contributed by atoms with Crippen molar-refractivity contribution in [1.29, 1.82) is 0 Å². The summed E-state index contributed by atoms with van der Waals surface area (Å²) in [6.45, 7) is 1.65. The predicted octanol–water partition coefficient (Wildman–Crippen LogP) is 3.79. The lowest BCUT2D eigenvalue weighted by atomic mass is 10.1. The van der Waals surface area contributed by atoms with Crippen LogP contribution in [0.25, 0.3) is 0 Å². The summed E-state index contributed by atoms with van der Waals surface area (Å²) in [5.74, 6) is -1.14. The van der Waals surface area contributed by atoms with Gasteiger partial charge in [-0.3, -0.25) is 0 Å². The molecule has 0 fully saturated rings. The van der Waals surface area contributed by atoms with Crippen molar-refractivity contribution in [2.24, 2.45) is 0 Å². The first-order valence-electron chi connectivity index (χ1n) is 5.44. The summed E-state index contributed by atoms with van der Waals surface area (Å²) in [4.78, 5) is 12.6. The van der Waals surface area contributed by atoms with Gasteiger partial charge in [-0.2, -0.15) is 0 Å². The van der Waals surface area contributed by atoms with Crippen LogP contribution in [0, 0.1) is 12.7 Å². The maximum atomic E-state index is 13.5. The molecule has 100 valence electrons. The van der Waals surface area contributed by atoms with Crippen LogP contribution in [0.2, 0.25) is 4.34 Å². The first-order valence-corrected chi connectivity index (χ1v) is 6.64. The highest BCUT2D eigenvalue weighted by molar-refractivity contribution is 7.16. The Morgan fingerprint density at radius 2 is 2.21 bits per heavy atom. The van der Waals surface area contributed by atoms with Crippen LogP contribution in [-0.4, -0.2) is 5.97 Å². The highest BCUT2D eigenvalue weighted by Crippen LogP contribution is 2.23. The van der Waals surface area contributed by atoms with Gasteiger partial charge in [0.15, 0.2) is 0 Å². The second kappa shape index (κ2) is 5.59. The molecule has 0 amide bonds. The largest absolute Gasteiger partial charge is 0.456 e. The predicted molar refractivity (Wildman–Crippen MR) is 74.0 cm³/mol. The minimum Gasteiger partial charge on any atom is -0.456 e. The molecule has 1 aromatic heterocycles. The zero-order chi connectivity index (χ0) is 14.0. The fourth-order valence-electron chi connectivity index (χ4n) is 1.47. The molecule has 0 saturated heterocycles. The molecule has 0 unspecified atom stereocenters. The second-order valence-electron chi connectivity index (χ2n) is 3.95.